The molecular weight excluding hydrogens is 258 g/mol. The van der Waals surface area contributed by atoms with Crippen LogP contribution in [0, 0.1) is 6.92 Å². The van der Waals surface area contributed by atoms with Crippen molar-refractivity contribution in [3.63, 3.8) is 0 Å². The summed E-state index contributed by atoms with van der Waals surface area (Å²) in [4.78, 5) is 4.32. The SMILES string of the molecule is Cc1nnc(Cc2csc(N)n2)n1C1CCCCC1. The molecule has 1 aliphatic rings. The first-order valence-electron chi connectivity index (χ1n) is 6.84. The lowest BCUT2D eigenvalue weighted by Gasteiger charge is -2.25. The molecule has 1 saturated carbocycles. The Kier molecular flexibility index (Phi) is 3.50. The highest BCUT2D eigenvalue weighted by molar-refractivity contribution is 7.13. The van der Waals surface area contributed by atoms with Crippen molar-refractivity contribution in [3.8, 4) is 0 Å². The first kappa shape index (κ1) is 12.6. The summed E-state index contributed by atoms with van der Waals surface area (Å²) in [5, 5.41) is 11.2. The molecule has 2 N–H and O–H groups in total. The van der Waals surface area contributed by atoms with Gasteiger partial charge in [-0.2, -0.15) is 0 Å². The van der Waals surface area contributed by atoms with Gasteiger partial charge in [-0.1, -0.05) is 19.3 Å². The molecule has 0 bridgehead atoms. The third kappa shape index (κ3) is 2.63. The normalized spacial score (nSPS) is 16.9. The van der Waals surface area contributed by atoms with Crippen LogP contribution in [0.15, 0.2) is 5.38 Å². The molecule has 1 fully saturated rings. The molecule has 0 amide bonds. The minimum absolute atomic E-state index is 0.565. The summed E-state index contributed by atoms with van der Waals surface area (Å²) in [6.45, 7) is 2.04. The summed E-state index contributed by atoms with van der Waals surface area (Å²) >= 11 is 1.48. The van der Waals surface area contributed by atoms with Crippen LogP contribution in [0.2, 0.25) is 0 Å². The summed E-state index contributed by atoms with van der Waals surface area (Å²) in [7, 11) is 0. The van der Waals surface area contributed by atoms with Crippen LogP contribution in [0.4, 0.5) is 5.13 Å². The molecule has 3 rings (SSSR count). The molecule has 0 atom stereocenters. The van der Waals surface area contributed by atoms with Crippen molar-refractivity contribution in [2.24, 2.45) is 0 Å². The average Bonchev–Trinajstić information content (AvgIpc) is 2.98. The number of nitrogens with zero attached hydrogens (tertiary/aromatic N) is 4. The Morgan fingerprint density at radius 3 is 2.79 bits per heavy atom. The quantitative estimate of drug-likeness (QED) is 0.936. The van der Waals surface area contributed by atoms with E-state index in [9.17, 15) is 0 Å². The summed E-state index contributed by atoms with van der Waals surface area (Å²) in [5.74, 6) is 2.04. The van der Waals surface area contributed by atoms with Crippen molar-refractivity contribution >= 4 is 16.5 Å². The molecule has 6 heteroatoms. The van der Waals surface area contributed by atoms with Crippen LogP contribution in [0.5, 0.6) is 0 Å². The minimum atomic E-state index is 0.565. The second-order valence-corrected chi connectivity index (χ2v) is 6.07. The molecule has 2 aromatic rings. The average molecular weight is 277 g/mol. The van der Waals surface area contributed by atoms with Crippen LogP contribution in [0.25, 0.3) is 0 Å². The van der Waals surface area contributed by atoms with Gasteiger partial charge in [-0.15, -0.1) is 21.5 Å². The van der Waals surface area contributed by atoms with Crippen LogP contribution in [0.3, 0.4) is 0 Å². The zero-order chi connectivity index (χ0) is 13.2. The predicted octanol–water partition coefficient (Wildman–Crippen LogP) is 2.72. The van der Waals surface area contributed by atoms with E-state index in [0.29, 0.717) is 11.2 Å². The molecule has 0 aromatic carbocycles. The Labute approximate surface area is 116 Å². The maximum atomic E-state index is 5.68. The van der Waals surface area contributed by atoms with E-state index in [1.165, 1.54) is 43.4 Å². The van der Waals surface area contributed by atoms with E-state index < -0.39 is 0 Å². The Bertz CT molecular complexity index is 553. The largest absolute Gasteiger partial charge is 0.375 e. The van der Waals surface area contributed by atoms with Crippen molar-refractivity contribution in [3.05, 3.63) is 22.7 Å². The van der Waals surface area contributed by atoms with E-state index in [4.69, 9.17) is 5.73 Å². The molecule has 2 aromatic heterocycles. The van der Waals surface area contributed by atoms with Gasteiger partial charge in [0.15, 0.2) is 5.13 Å². The second-order valence-electron chi connectivity index (χ2n) is 5.18. The Morgan fingerprint density at radius 1 is 1.32 bits per heavy atom. The predicted molar refractivity (Wildman–Crippen MR) is 76.2 cm³/mol. The Morgan fingerprint density at radius 2 is 2.11 bits per heavy atom. The molecule has 19 heavy (non-hydrogen) atoms. The fraction of sp³-hybridized carbons (Fsp3) is 0.615. The molecule has 1 aliphatic carbocycles. The molecule has 0 radical (unpaired) electrons. The van der Waals surface area contributed by atoms with Gasteiger partial charge in [0, 0.05) is 11.4 Å². The number of thiazole rings is 1. The number of aryl methyl sites for hydroxylation is 1. The molecule has 102 valence electrons. The summed E-state index contributed by atoms with van der Waals surface area (Å²) < 4.78 is 2.31. The van der Waals surface area contributed by atoms with Gasteiger partial charge in [0.25, 0.3) is 0 Å². The molecular formula is C13H19N5S. The smallest absolute Gasteiger partial charge is 0.180 e. The van der Waals surface area contributed by atoms with Gasteiger partial charge in [-0.25, -0.2) is 4.98 Å². The van der Waals surface area contributed by atoms with Crippen LogP contribution in [-0.4, -0.2) is 19.7 Å². The van der Waals surface area contributed by atoms with E-state index in [-0.39, 0.29) is 0 Å². The Hall–Kier alpha value is -1.43. The molecule has 0 saturated heterocycles. The van der Waals surface area contributed by atoms with Gasteiger partial charge in [-0.3, -0.25) is 0 Å². The maximum Gasteiger partial charge on any atom is 0.180 e. The van der Waals surface area contributed by atoms with Gasteiger partial charge >= 0.3 is 0 Å². The number of nitrogen functional groups attached to an aromatic ring is 1. The molecule has 0 unspecified atom stereocenters. The van der Waals surface area contributed by atoms with Crippen molar-refractivity contribution in [1.29, 1.82) is 0 Å². The van der Waals surface area contributed by atoms with Crippen LogP contribution in [-0.2, 0) is 6.42 Å². The number of nitrogens with two attached hydrogens (primary N) is 1. The highest BCUT2D eigenvalue weighted by atomic mass is 32.1. The van der Waals surface area contributed by atoms with E-state index in [1.54, 1.807) is 0 Å². The third-order valence-electron chi connectivity index (χ3n) is 3.79. The zero-order valence-electron chi connectivity index (χ0n) is 11.2. The molecule has 5 nitrogen and oxygen atoms in total. The summed E-state index contributed by atoms with van der Waals surface area (Å²) in [6, 6.07) is 0.565. The first-order chi connectivity index (χ1) is 9.24. The lowest BCUT2D eigenvalue weighted by molar-refractivity contribution is 0.342. The summed E-state index contributed by atoms with van der Waals surface area (Å²) in [6.07, 6.45) is 7.19. The van der Waals surface area contributed by atoms with Crippen molar-refractivity contribution < 1.29 is 0 Å². The van der Waals surface area contributed by atoms with E-state index in [1.807, 2.05) is 12.3 Å². The second kappa shape index (κ2) is 5.28. The van der Waals surface area contributed by atoms with Crippen molar-refractivity contribution in [2.75, 3.05) is 5.73 Å². The van der Waals surface area contributed by atoms with Gasteiger partial charge in [0.1, 0.15) is 11.6 Å². The lowest BCUT2D eigenvalue weighted by atomic mass is 9.95. The lowest BCUT2D eigenvalue weighted by Crippen LogP contribution is -2.17. The van der Waals surface area contributed by atoms with Gasteiger partial charge in [0.05, 0.1) is 12.1 Å². The van der Waals surface area contributed by atoms with Gasteiger partial charge < -0.3 is 10.3 Å². The molecule has 2 heterocycles. The number of rotatable bonds is 3. The zero-order valence-corrected chi connectivity index (χ0v) is 12.0. The monoisotopic (exact) mass is 277 g/mol. The fourth-order valence-corrected chi connectivity index (χ4v) is 3.48. The maximum absolute atomic E-state index is 5.68. The van der Waals surface area contributed by atoms with Gasteiger partial charge in [-0.05, 0) is 19.8 Å². The van der Waals surface area contributed by atoms with E-state index in [0.717, 1.165) is 23.8 Å². The van der Waals surface area contributed by atoms with Gasteiger partial charge in [0.2, 0.25) is 0 Å². The van der Waals surface area contributed by atoms with Crippen molar-refractivity contribution in [1.82, 2.24) is 19.7 Å². The standard InChI is InChI=1S/C13H19N5S/c1-9-16-17-12(7-10-8-19-13(14)15-10)18(9)11-5-3-2-4-6-11/h8,11H,2-7H2,1H3,(H2,14,15). The van der Waals surface area contributed by atoms with E-state index >= 15 is 0 Å². The molecule has 0 aliphatic heterocycles. The van der Waals surface area contributed by atoms with Crippen LogP contribution in [0.1, 0.15) is 55.5 Å². The highest BCUT2D eigenvalue weighted by Crippen LogP contribution is 2.30. The number of hydrogen-bond donors (Lipinski definition) is 1. The number of anilines is 1. The Balaban J connectivity index is 1.85. The fourth-order valence-electron chi connectivity index (χ4n) is 2.91. The van der Waals surface area contributed by atoms with Crippen molar-refractivity contribution in [2.45, 2.75) is 51.5 Å². The summed E-state index contributed by atoms with van der Waals surface area (Å²) in [5.41, 5.74) is 6.68. The molecule has 0 spiro atoms. The number of aromatic nitrogens is 4. The van der Waals surface area contributed by atoms with Crippen LogP contribution >= 0.6 is 11.3 Å². The third-order valence-corrected chi connectivity index (χ3v) is 4.51. The van der Waals surface area contributed by atoms with E-state index in [2.05, 4.69) is 19.7 Å². The minimum Gasteiger partial charge on any atom is -0.375 e. The first-order valence-corrected chi connectivity index (χ1v) is 7.72. The number of hydrogen-bond acceptors (Lipinski definition) is 5. The van der Waals surface area contributed by atoms with Crippen LogP contribution < -0.4 is 5.73 Å². The topological polar surface area (TPSA) is 69.6 Å². The highest BCUT2D eigenvalue weighted by Gasteiger charge is 2.21.